The lowest BCUT2D eigenvalue weighted by Crippen LogP contribution is -2.50. The molecule has 0 N–H and O–H groups in total. The van der Waals surface area contributed by atoms with Crippen molar-refractivity contribution in [3.63, 3.8) is 0 Å². The predicted octanol–water partition coefficient (Wildman–Crippen LogP) is 2.78. The molecule has 1 aliphatic heterocycles. The van der Waals surface area contributed by atoms with Crippen LogP contribution in [0, 0.1) is 18.3 Å². The summed E-state index contributed by atoms with van der Waals surface area (Å²) in [4.78, 5) is 16.3. The summed E-state index contributed by atoms with van der Waals surface area (Å²) in [6, 6.07) is 19.5. The van der Waals surface area contributed by atoms with Crippen LogP contribution in [-0.4, -0.2) is 48.5 Å². The highest BCUT2D eigenvalue weighted by Gasteiger charge is 2.27. The molecule has 2 aromatic carbocycles. The maximum absolute atomic E-state index is 12.3. The minimum Gasteiger partial charge on any atom is -0.484 e. The zero-order valence-electron chi connectivity index (χ0n) is 15.0. The number of aryl methyl sites for hydroxylation is 1. The summed E-state index contributed by atoms with van der Waals surface area (Å²) in [6.45, 7) is 4.67. The Balaban J connectivity index is 1.52. The maximum atomic E-state index is 12.3. The SMILES string of the molecule is Cc1ccc(C(C#N)N2CCN(C(=O)COc3ccccc3)CC2)cc1. The van der Waals surface area contributed by atoms with E-state index in [-0.39, 0.29) is 18.6 Å². The third-order valence-electron chi connectivity index (χ3n) is 4.65. The van der Waals surface area contributed by atoms with Gasteiger partial charge in [0.2, 0.25) is 0 Å². The number of nitriles is 1. The minimum atomic E-state index is -0.270. The first-order chi connectivity index (χ1) is 12.7. The summed E-state index contributed by atoms with van der Waals surface area (Å²) in [6.07, 6.45) is 0. The van der Waals surface area contributed by atoms with Crippen LogP contribution in [0.3, 0.4) is 0 Å². The minimum absolute atomic E-state index is 0.0163. The van der Waals surface area contributed by atoms with Crippen molar-refractivity contribution in [2.24, 2.45) is 0 Å². The number of carbonyl (C=O) groups is 1. The molecule has 0 spiro atoms. The van der Waals surface area contributed by atoms with Crippen molar-refractivity contribution in [3.05, 3.63) is 65.7 Å². The molecule has 0 radical (unpaired) electrons. The molecule has 3 rings (SSSR count). The van der Waals surface area contributed by atoms with Gasteiger partial charge in [-0.1, -0.05) is 48.0 Å². The van der Waals surface area contributed by atoms with Crippen LogP contribution in [0.5, 0.6) is 5.75 Å². The summed E-state index contributed by atoms with van der Waals surface area (Å²) >= 11 is 0. The fraction of sp³-hybridized carbons (Fsp3) is 0.333. The Morgan fingerprint density at radius 2 is 1.73 bits per heavy atom. The predicted molar refractivity (Wildman–Crippen MR) is 99.6 cm³/mol. The average molecular weight is 349 g/mol. The molecule has 1 heterocycles. The Morgan fingerprint density at radius 3 is 2.35 bits per heavy atom. The maximum Gasteiger partial charge on any atom is 0.260 e. The monoisotopic (exact) mass is 349 g/mol. The van der Waals surface area contributed by atoms with Crippen LogP contribution < -0.4 is 4.74 Å². The van der Waals surface area contributed by atoms with Crippen molar-refractivity contribution >= 4 is 5.91 Å². The second-order valence-corrected chi connectivity index (χ2v) is 6.46. The summed E-state index contributed by atoms with van der Waals surface area (Å²) in [5.41, 5.74) is 2.18. The van der Waals surface area contributed by atoms with E-state index >= 15 is 0 Å². The molecule has 1 amide bonds. The van der Waals surface area contributed by atoms with Gasteiger partial charge < -0.3 is 9.64 Å². The second-order valence-electron chi connectivity index (χ2n) is 6.46. The van der Waals surface area contributed by atoms with E-state index in [1.165, 1.54) is 5.56 Å². The molecule has 26 heavy (non-hydrogen) atoms. The average Bonchev–Trinajstić information content (AvgIpc) is 2.69. The van der Waals surface area contributed by atoms with E-state index in [0.717, 1.165) is 5.56 Å². The van der Waals surface area contributed by atoms with E-state index in [1.54, 1.807) is 0 Å². The first kappa shape index (κ1) is 18.0. The Bertz CT molecular complexity index is 760. The largest absolute Gasteiger partial charge is 0.484 e. The first-order valence-electron chi connectivity index (χ1n) is 8.83. The van der Waals surface area contributed by atoms with E-state index in [9.17, 15) is 10.1 Å². The van der Waals surface area contributed by atoms with Crippen LogP contribution in [0.15, 0.2) is 54.6 Å². The number of nitrogens with zero attached hydrogens (tertiary/aromatic N) is 3. The summed E-state index contributed by atoms with van der Waals surface area (Å²) in [5.74, 6) is 0.681. The molecule has 0 bridgehead atoms. The molecule has 134 valence electrons. The number of hydrogen-bond acceptors (Lipinski definition) is 4. The zero-order valence-corrected chi connectivity index (χ0v) is 15.0. The number of ether oxygens (including phenoxy) is 1. The van der Waals surface area contributed by atoms with E-state index in [1.807, 2.05) is 66.4 Å². The van der Waals surface area contributed by atoms with Gasteiger partial charge >= 0.3 is 0 Å². The summed E-state index contributed by atoms with van der Waals surface area (Å²) < 4.78 is 5.54. The Kier molecular flexibility index (Phi) is 5.88. The molecule has 0 aromatic heterocycles. The standard InChI is InChI=1S/C21H23N3O2/c1-17-7-9-18(10-8-17)20(15-22)23-11-13-24(14-12-23)21(25)16-26-19-5-3-2-4-6-19/h2-10,20H,11-14,16H2,1H3. The molecule has 0 aliphatic carbocycles. The van der Waals surface area contributed by atoms with E-state index in [0.29, 0.717) is 31.9 Å². The quantitative estimate of drug-likeness (QED) is 0.833. The van der Waals surface area contributed by atoms with Gasteiger partial charge in [0.25, 0.3) is 5.91 Å². The fourth-order valence-corrected chi connectivity index (χ4v) is 3.10. The van der Waals surface area contributed by atoms with Crippen LogP contribution in [0.4, 0.5) is 0 Å². The van der Waals surface area contributed by atoms with Gasteiger partial charge in [0.05, 0.1) is 6.07 Å². The molecule has 1 atom stereocenters. The Labute approximate surface area is 154 Å². The van der Waals surface area contributed by atoms with Crippen molar-refractivity contribution in [1.29, 1.82) is 5.26 Å². The number of hydrogen-bond donors (Lipinski definition) is 0. The van der Waals surface area contributed by atoms with Gasteiger partial charge in [0.15, 0.2) is 6.61 Å². The highest BCUT2D eigenvalue weighted by atomic mass is 16.5. The van der Waals surface area contributed by atoms with Gasteiger partial charge in [-0.2, -0.15) is 5.26 Å². The van der Waals surface area contributed by atoms with Crippen molar-refractivity contribution in [1.82, 2.24) is 9.80 Å². The van der Waals surface area contributed by atoms with Crippen LogP contribution in [0.25, 0.3) is 0 Å². The number of carbonyl (C=O) groups excluding carboxylic acids is 1. The van der Waals surface area contributed by atoms with Crippen molar-refractivity contribution < 1.29 is 9.53 Å². The third kappa shape index (κ3) is 4.41. The van der Waals surface area contributed by atoms with Crippen LogP contribution >= 0.6 is 0 Å². The number of para-hydroxylation sites is 1. The van der Waals surface area contributed by atoms with Crippen LogP contribution in [0.1, 0.15) is 17.2 Å². The molecule has 2 aromatic rings. The Hall–Kier alpha value is -2.84. The molecule has 0 saturated carbocycles. The van der Waals surface area contributed by atoms with Crippen LogP contribution in [-0.2, 0) is 4.79 Å². The topological polar surface area (TPSA) is 56.6 Å². The zero-order chi connectivity index (χ0) is 18.4. The second kappa shape index (κ2) is 8.50. The first-order valence-corrected chi connectivity index (χ1v) is 8.83. The summed E-state index contributed by atoms with van der Waals surface area (Å²) in [5, 5.41) is 9.59. The summed E-state index contributed by atoms with van der Waals surface area (Å²) in [7, 11) is 0. The molecule has 1 fully saturated rings. The highest BCUT2D eigenvalue weighted by molar-refractivity contribution is 5.77. The van der Waals surface area contributed by atoms with Crippen molar-refractivity contribution in [2.45, 2.75) is 13.0 Å². The van der Waals surface area contributed by atoms with Crippen molar-refractivity contribution in [2.75, 3.05) is 32.8 Å². The lowest BCUT2D eigenvalue weighted by molar-refractivity contribution is -0.135. The van der Waals surface area contributed by atoms with Crippen LogP contribution in [0.2, 0.25) is 0 Å². The lowest BCUT2D eigenvalue weighted by Gasteiger charge is -2.37. The molecule has 5 nitrogen and oxygen atoms in total. The van der Waals surface area contributed by atoms with Crippen molar-refractivity contribution in [3.8, 4) is 11.8 Å². The number of rotatable bonds is 5. The lowest BCUT2D eigenvalue weighted by atomic mass is 10.0. The molecular weight excluding hydrogens is 326 g/mol. The Morgan fingerprint density at radius 1 is 1.08 bits per heavy atom. The number of piperazine rings is 1. The smallest absolute Gasteiger partial charge is 0.260 e. The highest BCUT2D eigenvalue weighted by Crippen LogP contribution is 2.22. The van der Waals surface area contributed by atoms with E-state index in [2.05, 4.69) is 11.0 Å². The molecule has 1 aliphatic rings. The molecule has 5 heteroatoms. The van der Waals surface area contributed by atoms with E-state index < -0.39 is 0 Å². The molecular formula is C21H23N3O2. The fourth-order valence-electron chi connectivity index (χ4n) is 3.10. The van der Waals surface area contributed by atoms with Gasteiger partial charge in [-0.3, -0.25) is 9.69 Å². The van der Waals surface area contributed by atoms with Gasteiger partial charge in [-0.05, 0) is 24.6 Å². The van der Waals surface area contributed by atoms with Gasteiger partial charge in [0.1, 0.15) is 11.8 Å². The van der Waals surface area contributed by atoms with Gasteiger partial charge in [0, 0.05) is 26.2 Å². The van der Waals surface area contributed by atoms with Gasteiger partial charge in [-0.25, -0.2) is 0 Å². The van der Waals surface area contributed by atoms with E-state index in [4.69, 9.17) is 4.74 Å². The number of benzene rings is 2. The third-order valence-corrected chi connectivity index (χ3v) is 4.65. The molecule has 1 saturated heterocycles. The normalized spacial score (nSPS) is 15.9. The molecule has 1 unspecified atom stereocenters. The number of amides is 1. The van der Waals surface area contributed by atoms with Gasteiger partial charge in [-0.15, -0.1) is 0 Å².